The third-order valence-corrected chi connectivity index (χ3v) is 4.66. The number of hydrogen-bond donors (Lipinski definition) is 1. The zero-order valence-corrected chi connectivity index (χ0v) is 11.5. The molecule has 0 aromatic heterocycles. The molecule has 2 heterocycles. The maximum absolute atomic E-state index is 9.43. The molecule has 1 N–H and O–H groups in total. The molecule has 104 valence electrons. The topological polar surface area (TPSA) is 26.7 Å². The van der Waals surface area contributed by atoms with Gasteiger partial charge in [-0.05, 0) is 37.2 Å². The monoisotopic (exact) mass is 260 g/mol. The van der Waals surface area contributed by atoms with Gasteiger partial charge in [-0.1, -0.05) is 30.3 Å². The number of rotatable bonds is 3. The van der Waals surface area contributed by atoms with E-state index in [1.807, 2.05) is 0 Å². The highest BCUT2D eigenvalue weighted by Crippen LogP contribution is 2.30. The molecular formula is C16H24N2O. The van der Waals surface area contributed by atoms with Crippen LogP contribution in [0.2, 0.25) is 0 Å². The van der Waals surface area contributed by atoms with E-state index in [2.05, 4.69) is 40.3 Å². The number of aliphatic hydroxyl groups excluding tert-OH is 1. The lowest BCUT2D eigenvalue weighted by molar-refractivity contribution is -0.0652. The molecule has 3 rings (SSSR count). The number of benzene rings is 1. The van der Waals surface area contributed by atoms with E-state index in [1.54, 1.807) is 0 Å². The summed E-state index contributed by atoms with van der Waals surface area (Å²) in [5.74, 6) is 0.715. The first-order valence-electron chi connectivity index (χ1n) is 7.56. The van der Waals surface area contributed by atoms with Gasteiger partial charge in [-0.3, -0.25) is 0 Å². The van der Waals surface area contributed by atoms with Gasteiger partial charge in [-0.15, -0.1) is 0 Å². The first-order chi connectivity index (χ1) is 9.38. The minimum atomic E-state index is 0.304. The Hall–Kier alpha value is -0.900. The summed E-state index contributed by atoms with van der Waals surface area (Å²) in [5.41, 5.74) is 1.49. The molecule has 0 bridgehead atoms. The normalized spacial score (nSPS) is 26.9. The molecule has 0 unspecified atom stereocenters. The number of aliphatic hydroxyl groups is 1. The fourth-order valence-electron chi connectivity index (χ4n) is 3.56. The van der Waals surface area contributed by atoms with Crippen LogP contribution >= 0.6 is 0 Å². The van der Waals surface area contributed by atoms with Crippen LogP contribution in [0.3, 0.4) is 0 Å². The van der Waals surface area contributed by atoms with Crippen molar-refractivity contribution in [3.05, 3.63) is 35.9 Å². The molecule has 2 saturated heterocycles. The van der Waals surface area contributed by atoms with E-state index in [9.17, 15) is 5.11 Å². The molecular weight excluding hydrogens is 236 g/mol. The van der Waals surface area contributed by atoms with Crippen LogP contribution in [0.5, 0.6) is 0 Å². The van der Waals surface area contributed by atoms with Gasteiger partial charge in [-0.25, -0.2) is 10.0 Å². The van der Waals surface area contributed by atoms with Gasteiger partial charge in [0.2, 0.25) is 0 Å². The zero-order chi connectivity index (χ0) is 13.1. The molecule has 19 heavy (non-hydrogen) atoms. The number of hydrogen-bond acceptors (Lipinski definition) is 3. The first-order valence-corrected chi connectivity index (χ1v) is 7.56. The Morgan fingerprint density at radius 2 is 1.74 bits per heavy atom. The SMILES string of the molecule is OC[C@@H]1CCCN1N1CCC(c2ccccc2)CC1. The van der Waals surface area contributed by atoms with Crippen LogP contribution in [0, 0.1) is 0 Å². The highest BCUT2D eigenvalue weighted by Gasteiger charge is 2.31. The van der Waals surface area contributed by atoms with E-state index < -0.39 is 0 Å². The molecule has 0 amide bonds. The van der Waals surface area contributed by atoms with Gasteiger partial charge < -0.3 is 5.11 Å². The van der Waals surface area contributed by atoms with Gasteiger partial charge in [0, 0.05) is 25.7 Å². The van der Waals surface area contributed by atoms with Gasteiger partial charge in [0.1, 0.15) is 0 Å². The summed E-state index contributed by atoms with van der Waals surface area (Å²) in [6, 6.07) is 11.3. The average Bonchev–Trinajstić information content (AvgIpc) is 2.97. The van der Waals surface area contributed by atoms with Crippen LogP contribution < -0.4 is 0 Å². The van der Waals surface area contributed by atoms with E-state index in [1.165, 1.54) is 24.8 Å². The summed E-state index contributed by atoms with van der Waals surface area (Å²) in [6.07, 6.45) is 4.84. The maximum Gasteiger partial charge on any atom is 0.0600 e. The van der Waals surface area contributed by atoms with E-state index in [-0.39, 0.29) is 0 Å². The second-order valence-corrected chi connectivity index (χ2v) is 5.78. The van der Waals surface area contributed by atoms with E-state index >= 15 is 0 Å². The second-order valence-electron chi connectivity index (χ2n) is 5.78. The summed E-state index contributed by atoms with van der Waals surface area (Å²) in [7, 11) is 0. The summed E-state index contributed by atoms with van der Waals surface area (Å²) in [5, 5.41) is 14.3. The predicted molar refractivity (Wildman–Crippen MR) is 76.8 cm³/mol. The Kier molecular flexibility index (Phi) is 4.16. The Balaban J connectivity index is 1.58. The predicted octanol–water partition coefficient (Wildman–Crippen LogP) is 2.24. The second kappa shape index (κ2) is 6.04. The molecule has 0 radical (unpaired) electrons. The molecule has 2 aliphatic rings. The molecule has 0 saturated carbocycles. The summed E-state index contributed by atoms with van der Waals surface area (Å²) in [6.45, 7) is 3.70. The van der Waals surface area contributed by atoms with Crippen LogP contribution in [0.1, 0.15) is 37.2 Å². The summed E-state index contributed by atoms with van der Waals surface area (Å²) in [4.78, 5) is 0. The molecule has 2 aliphatic heterocycles. The van der Waals surface area contributed by atoms with Crippen molar-refractivity contribution in [2.45, 2.75) is 37.6 Å². The lowest BCUT2D eigenvalue weighted by Gasteiger charge is -2.40. The molecule has 3 nitrogen and oxygen atoms in total. The Bertz CT molecular complexity index is 387. The Morgan fingerprint density at radius 3 is 2.42 bits per heavy atom. The molecule has 2 fully saturated rings. The van der Waals surface area contributed by atoms with Gasteiger partial charge >= 0.3 is 0 Å². The van der Waals surface area contributed by atoms with Crippen molar-refractivity contribution >= 4 is 0 Å². The fraction of sp³-hybridized carbons (Fsp3) is 0.625. The highest BCUT2D eigenvalue weighted by molar-refractivity contribution is 5.19. The summed E-state index contributed by atoms with van der Waals surface area (Å²) < 4.78 is 0. The largest absolute Gasteiger partial charge is 0.395 e. The average molecular weight is 260 g/mol. The van der Waals surface area contributed by atoms with Crippen LogP contribution in [-0.4, -0.2) is 47.4 Å². The van der Waals surface area contributed by atoms with Crippen LogP contribution in [0.25, 0.3) is 0 Å². The van der Waals surface area contributed by atoms with E-state index in [0.29, 0.717) is 18.6 Å². The van der Waals surface area contributed by atoms with Gasteiger partial charge in [0.05, 0.1) is 6.61 Å². The standard InChI is InChI=1S/C16H24N2O/c19-13-16-7-4-10-18(16)17-11-8-15(9-12-17)14-5-2-1-3-6-14/h1-3,5-6,15-16,19H,4,7-13H2/t16-/m0/s1. The number of hydrazine groups is 1. The molecule has 1 aromatic carbocycles. The molecule has 0 aliphatic carbocycles. The van der Waals surface area contributed by atoms with Crippen LogP contribution in [-0.2, 0) is 0 Å². The quantitative estimate of drug-likeness (QED) is 0.903. The van der Waals surface area contributed by atoms with Crippen molar-refractivity contribution in [3.8, 4) is 0 Å². The van der Waals surface area contributed by atoms with Gasteiger partial charge in [0.25, 0.3) is 0 Å². The van der Waals surface area contributed by atoms with Crippen molar-refractivity contribution < 1.29 is 5.11 Å². The van der Waals surface area contributed by atoms with Crippen molar-refractivity contribution in [1.82, 2.24) is 10.0 Å². The van der Waals surface area contributed by atoms with Crippen LogP contribution in [0.15, 0.2) is 30.3 Å². The molecule has 3 heteroatoms. The zero-order valence-electron chi connectivity index (χ0n) is 11.5. The van der Waals surface area contributed by atoms with Crippen LogP contribution in [0.4, 0.5) is 0 Å². The molecule has 1 aromatic rings. The minimum Gasteiger partial charge on any atom is -0.395 e. The van der Waals surface area contributed by atoms with Crippen molar-refractivity contribution in [2.24, 2.45) is 0 Å². The Labute approximate surface area is 115 Å². The van der Waals surface area contributed by atoms with Crippen molar-refractivity contribution in [3.63, 3.8) is 0 Å². The van der Waals surface area contributed by atoms with E-state index in [0.717, 1.165) is 26.1 Å². The lowest BCUT2D eigenvalue weighted by atomic mass is 9.90. The first kappa shape index (κ1) is 13.1. The highest BCUT2D eigenvalue weighted by atomic mass is 16.3. The maximum atomic E-state index is 9.43. The molecule has 1 atom stereocenters. The van der Waals surface area contributed by atoms with Gasteiger partial charge in [0.15, 0.2) is 0 Å². The van der Waals surface area contributed by atoms with Crippen molar-refractivity contribution in [1.29, 1.82) is 0 Å². The smallest absolute Gasteiger partial charge is 0.0600 e. The van der Waals surface area contributed by atoms with Gasteiger partial charge in [-0.2, -0.15) is 0 Å². The van der Waals surface area contributed by atoms with E-state index in [4.69, 9.17) is 0 Å². The fourth-order valence-corrected chi connectivity index (χ4v) is 3.56. The Morgan fingerprint density at radius 1 is 1.00 bits per heavy atom. The minimum absolute atomic E-state index is 0.304. The number of piperidine rings is 1. The number of nitrogens with zero attached hydrogens (tertiary/aromatic N) is 2. The van der Waals surface area contributed by atoms with Crippen molar-refractivity contribution in [2.75, 3.05) is 26.2 Å². The lowest BCUT2D eigenvalue weighted by Crippen LogP contribution is -2.49. The third kappa shape index (κ3) is 2.83. The summed E-state index contributed by atoms with van der Waals surface area (Å²) >= 11 is 0. The third-order valence-electron chi connectivity index (χ3n) is 4.66. The molecule has 0 spiro atoms.